The molecule has 3 heterocycles. The molecule has 0 radical (unpaired) electrons. The Morgan fingerprint density at radius 2 is 0.812 bits per heavy atom. The average molecular weight is 912 g/mol. The van der Waals surface area contributed by atoms with Gasteiger partial charge in [-0.1, -0.05) is 149 Å². The van der Waals surface area contributed by atoms with Crippen LogP contribution in [0.3, 0.4) is 0 Å². The van der Waals surface area contributed by atoms with Gasteiger partial charge in [-0.05, 0) is 52.0 Å². The van der Waals surface area contributed by atoms with Crippen molar-refractivity contribution in [2.24, 2.45) is 0 Å². The van der Waals surface area contributed by atoms with E-state index in [-0.39, 0.29) is 11.5 Å². The number of rotatable bonds is 6. The SMILES string of the molecule is CC1(C)OB(c2nc(-c3ccccc3)nc(-c3ccccc3)n2)OC1(C)C.[C-]#[N+]c1cc(F)ccc1-c1nc(-c2ccccc2)nc(-c2ccccc2)n1.[C-]#[N+]c1cc(F)ccc1Br. The van der Waals surface area contributed by atoms with E-state index in [4.69, 9.17) is 22.5 Å². The molecule has 9 rings (SSSR count). The second-order valence-electron chi connectivity index (χ2n) is 15.2. The Kier molecular flexibility index (Phi) is 13.8. The van der Waals surface area contributed by atoms with E-state index < -0.39 is 24.1 Å². The first-order chi connectivity index (χ1) is 30.8. The van der Waals surface area contributed by atoms with Crippen LogP contribution in [0.1, 0.15) is 27.7 Å². The van der Waals surface area contributed by atoms with Crippen molar-refractivity contribution in [3.8, 4) is 56.9 Å². The van der Waals surface area contributed by atoms with Gasteiger partial charge in [0.25, 0.3) is 0 Å². The third kappa shape index (κ3) is 10.6. The molecule has 0 saturated carbocycles. The smallest absolute Gasteiger partial charge is 0.397 e. The van der Waals surface area contributed by atoms with Crippen molar-refractivity contribution in [1.82, 2.24) is 29.9 Å². The summed E-state index contributed by atoms with van der Waals surface area (Å²) in [5.41, 5.74) is 4.05. The minimum absolute atomic E-state index is 0.166. The summed E-state index contributed by atoms with van der Waals surface area (Å²) in [6, 6.07) is 46.9. The lowest BCUT2D eigenvalue weighted by molar-refractivity contribution is 0.00578. The van der Waals surface area contributed by atoms with Crippen molar-refractivity contribution >= 4 is 40.1 Å². The van der Waals surface area contributed by atoms with Crippen LogP contribution in [0.2, 0.25) is 0 Å². The molecule has 0 spiro atoms. The largest absolute Gasteiger partial charge is 0.534 e. The first-order valence-corrected chi connectivity index (χ1v) is 20.7. The number of benzene rings is 6. The quantitative estimate of drug-likeness (QED) is 0.120. The molecule has 6 aromatic carbocycles. The van der Waals surface area contributed by atoms with Gasteiger partial charge in [0.1, 0.15) is 11.6 Å². The van der Waals surface area contributed by atoms with Gasteiger partial charge in [0.15, 0.2) is 34.8 Å². The van der Waals surface area contributed by atoms with Crippen molar-refractivity contribution in [3.05, 3.63) is 197 Å². The maximum atomic E-state index is 13.5. The van der Waals surface area contributed by atoms with E-state index in [1.807, 2.05) is 149 Å². The summed E-state index contributed by atoms with van der Waals surface area (Å²) in [6.45, 7) is 22.0. The lowest BCUT2D eigenvalue weighted by atomic mass is 9.89. The Morgan fingerprint density at radius 1 is 0.469 bits per heavy atom. The highest BCUT2D eigenvalue weighted by Gasteiger charge is 2.53. The summed E-state index contributed by atoms with van der Waals surface area (Å²) < 4.78 is 38.9. The fourth-order valence-corrected chi connectivity index (χ4v) is 6.50. The van der Waals surface area contributed by atoms with Gasteiger partial charge in [0, 0.05) is 32.3 Å². The molecule has 14 heteroatoms. The molecule has 0 N–H and O–H groups in total. The average Bonchev–Trinajstić information content (AvgIpc) is 3.56. The molecule has 314 valence electrons. The lowest BCUT2D eigenvalue weighted by Gasteiger charge is -2.32. The van der Waals surface area contributed by atoms with Crippen molar-refractivity contribution in [2.75, 3.05) is 0 Å². The summed E-state index contributed by atoms with van der Waals surface area (Å²) >= 11 is 3.11. The molecule has 2 aromatic heterocycles. The molecule has 1 fully saturated rings. The minimum Gasteiger partial charge on any atom is -0.397 e. The van der Waals surface area contributed by atoms with Crippen LogP contribution in [-0.4, -0.2) is 48.2 Å². The number of hydrogen-bond acceptors (Lipinski definition) is 8. The minimum atomic E-state index is -0.636. The molecule has 8 aromatic rings. The highest BCUT2D eigenvalue weighted by molar-refractivity contribution is 9.10. The highest BCUT2D eigenvalue weighted by atomic mass is 79.9. The molecule has 10 nitrogen and oxygen atoms in total. The molecule has 1 aliphatic rings. The van der Waals surface area contributed by atoms with Crippen molar-refractivity contribution in [2.45, 2.75) is 38.9 Å². The predicted molar refractivity (Wildman–Crippen MR) is 249 cm³/mol. The van der Waals surface area contributed by atoms with Gasteiger partial charge in [-0.25, -0.2) is 48.4 Å². The van der Waals surface area contributed by atoms with Gasteiger partial charge in [-0.2, -0.15) is 0 Å². The molecule has 64 heavy (non-hydrogen) atoms. The van der Waals surface area contributed by atoms with Crippen LogP contribution < -0.4 is 5.72 Å². The van der Waals surface area contributed by atoms with Crippen LogP contribution >= 0.6 is 15.9 Å². The molecule has 0 amide bonds. The molecule has 0 unspecified atom stereocenters. The van der Waals surface area contributed by atoms with Gasteiger partial charge in [-0.3, -0.25) is 0 Å². The van der Waals surface area contributed by atoms with Crippen LogP contribution in [0.15, 0.2) is 162 Å². The standard InChI is InChI=1S/C22H13FN4.C21H22BN3O2.C7H3BrFN/c1-24-19-14-17(23)12-13-18(19)22-26-20(15-8-4-2-5-9-15)25-21(27-22)16-10-6-3-7-11-16;1-20(2)21(3,4)27-22(26-20)19-24-17(15-11-7-5-8-12-15)23-18(25-19)16-13-9-6-10-14-16;1-10-7-4-5(9)2-3-6(7)8/h2-14H;5-14H,1-4H3;2-4H. The third-order valence-electron chi connectivity index (χ3n) is 10.2. The third-order valence-corrected chi connectivity index (χ3v) is 10.9. The fraction of sp³-hybridized carbons (Fsp3) is 0.120. The zero-order valence-corrected chi connectivity index (χ0v) is 36.7. The van der Waals surface area contributed by atoms with Crippen molar-refractivity contribution in [3.63, 3.8) is 0 Å². The molecular weight excluding hydrogens is 873 g/mol. The van der Waals surface area contributed by atoms with Crippen LogP contribution in [0, 0.1) is 24.8 Å². The van der Waals surface area contributed by atoms with E-state index >= 15 is 0 Å². The number of nitrogens with zero attached hydrogens (tertiary/aromatic N) is 8. The normalized spacial score (nSPS) is 13.3. The fourth-order valence-electron chi connectivity index (χ4n) is 6.17. The first-order valence-electron chi connectivity index (χ1n) is 19.9. The van der Waals surface area contributed by atoms with Crippen LogP contribution in [0.25, 0.3) is 66.6 Å². The number of hydrogen-bond donors (Lipinski definition) is 0. The topological polar surface area (TPSA) is 105 Å². The van der Waals surface area contributed by atoms with Crippen LogP contribution in [0.5, 0.6) is 0 Å². The number of halogens is 3. The Balaban J connectivity index is 0.000000158. The van der Waals surface area contributed by atoms with Crippen molar-refractivity contribution < 1.29 is 18.1 Å². The van der Waals surface area contributed by atoms with Gasteiger partial charge in [-0.15, -0.1) is 0 Å². The second-order valence-corrected chi connectivity index (χ2v) is 16.0. The summed E-state index contributed by atoms with van der Waals surface area (Å²) in [4.78, 5) is 34.2. The Morgan fingerprint density at radius 3 is 1.19 bits per heavy atom. The van der Waals surface area contributed by atoms with Gasteiger partial charge >= 0.3 is 7.12 Å². The second kappa shape index (κ2) is 19.8. The van der Waals surface area contributed by atoms with E-state index in [0.717, 1.165) is 22.3 Å². The molecule has 1 aliphatic heterocycles. The summed E-state index contributed by atoms with van der Waals surface area (Å²) in [7, 11) is -0.636. The first kappa shape index (κ1) is 44.7. The van der Waals surface area contributed by atoms with Gasteiger partial charge < -0.3 is 9.31 Å². The summed E-state index contributed by atoms with van der Waals surface area (Å²) in [5.74, 6) is 1.70. The van der Waals surface area contributed by atoms with Crippen LogP contribution in [-0.2, 0) is 9.31 Å². The van der Waals surface area contributed by atoms with Gasteiger partial charge in [0.05, 0.1) is 24.3 Å². The molecule has 0 atom stereocenters. The van der Waals surface area contributed by atoms with E-state index in [1.165, 1.54) is 36.4 Å². The van der Waals surface area contributed by atoms with E-state index in [0.29, 0.717) is 50.6 Å². The maximum Gasteiger partial charge on any atom is 0.534 e. The zero-order valence-electron chi connectivity index (χ0n) is 35.1. The molecular formula is C50H38BBrF2N8O2. The van der Waals surface area contributed by atoms with Crippen molar-refractivity contribution in [1.29, 1.82) is 0 Å². The predicted octanol–water partition coefficient (Wildman–Crippen LogP) is 12.2. The number of aromatic nitrogens is 6. The zero-order chi connectivity index (χ0) is 45.3. The molecule has 0 bridgehead atoms. The monoisotopic (exact) mass is 910 g/mol. The lowest BCUT2D eigenvalue weighted by Crippen LogP contribution is -2.41. The van der Waals surface area contributed by atoms with E-state index in [1.54, 1.807) is 0 Å². The Labute approximate surface area is 379 Å². The Bertz CT molecular complexity index is 2840. The Hall–Kier alpha value is -7.36. The van der Waals surface area contributed by atoms with E-state index in [2.05, 4.69) is 55.5 Å². The van der Waals surface area contributed by atoms with E-state index in [9.17, 15) is 8.78 Å². The summed E-state index contributed by atoms with van der Waals surface area (Å²) in [5, 5.41) is 0. The molecule has 1 saturated heterocycles. The maximum absolute atomic E-state index is 13.5. The van der Waals surface area contributed by atoms with Crippen LogP contribution in [0.4, 0.5) is 20.2 Å². The summed E-state index contributed by atoms with van der Waals surface area (Å²) in [6.07, 6.45) is 0. The molecule has 0 aliphatic carbocycles. The van der Waals surface area contributed by atoms with Gasteiger partial charge in [0.2, 0.25) is 11.4 Å². The highest BCUT2D eigenvalue weighted by Crippen LogP contribution is 2.37.